The van der Waals surface area contributed by atoms with E-state index >= 15 is 0 Å². The number of anilines is 3. The first-order valence-electron chi connectivity index (χ1n) is 9.89. The zero-order valence-corrected chi connectivity index (χ0v) is 18.3. The second kappa shape index (κ2) is 9.42. The molecule has 0 spiro atoms. The Balaban J connectivity index is 1.24. The zero-order valence-electron chi connectivity index (χ0n) is 16.6. The van der Waals surface area contributed by atoms with Gasteiger partial charge in [-0.25, -0.2) is 15.0 Å². The second-order valence-electron chi connectivity index (χ2n) is 7.41. The molecule has 0 aliphatic carbocycles. The lowest BCUT2D eigenvalue weighted by atomic mass is 10.3. The first kappa shape index (κ1) is 21.2. The highest BCUT2D eigenvalue weighted by molar-refractivity contribution is 8.24. The Bertz CT molecular complexity index is 884. The fraction of sp³-hybridized carbons (Fsp3) is 0.556. The summed E-state index contributed by atoms with van der Waals surface area (Å²) in [7, 11) is -2.32. The van der Waals surface area contributed by atoms with E-state index in [9.17, 15) is 9.11 Å². The van der Waals surface area contributed by atoms with Crippen LogP contribution in [0.2, 0.25) is 0 Å². The van der Waals surface area contributed by atoms with Gasteiger partial charge >= 0.3 is 0 Å². The number of aromatic nitrogens is 3. The van der Waals surface area contributed by atoms with Crippen molar-refractivity contribution in [1.82, 2.24) is 24.8 Å². The van der Waals surface area contributed by atoms with E-state index in [1.807, 2.05) is 6.07 Å². The van der Waals surface area contributed by atoms with Crippen LogP contribution in [-0.2, 0) is 0 Å². The molecule has 0 saturated carbocycles. The van der Waals surface area contributed by atoms with E-state index in [-0.39, 0.29) is 0 Å². The van der Waals surface area contributed by atoms with Crippen molar-refractivity contribution >= 4 is 38.7 Å². The normalized spacial score (nSPS) is 21.2. The van der Waals surface area contributed by atoms with Crippen molar-refractivity contribution in [2.75, 3.05) is 74.1 Å². The molecule has 0 bridgehead atoms. The number of thiazole rings is 1. The molecule has 2 aromatic heterocycles. The Kier molecular flexibility index (Phi) is 6.67. The summed E-state index contributed by atoms with van der Waals surface area (Å²) in [5.74, 6) is 2.55. The number of nitrogens with zero attached hydrogens (tertiary/aromatic N) is 7. The topological polar surface area (TPSA) is 125 Å². The van der Waals surface area contributed by atoms with E-state index in [0.29, 0.717) is 27.3 Å². The van der Waals surface area contributed by atoms with Gasteiger partial charge in [0.1, 0.15) is 28.9 Å². The molecule has 4 heterocycles. The quantitative estimate of drug-likeness (QED) is 0.599. The van der Waals surface area contributed by atoms with Crippen molar-refractivity contribution < 1.29 is 9.11 Å². The Morgan fingerprint density at radius 3 is 2.40 bits per heavy atom. The predicted molar refractivity (Wildman–Crippen MR) is 120 cm³/mol. The lowest BCUT2D eigenvalue weighted by molar-refractivity contribution is 0.201. The maximum atomic E-state index is 9.73. The van der Waals surface area contributed by atoms with Gasteiger partial charge in [0.05, 0.1) is 17.7 Å². The lowest BCUT2D eigenvalue weighted by Crippen LogP contribution is -2.49. The van der Waals surface area contributed by atoms with Gasteiger partial charge in [-0.15, -0.1) is 0 Å². The minimum absolute atomic E-state index is 0.504. The van der Waals surface area contributed by atoms with E-state index < -0.39 is 10.6 Å². The molecule has 2 aromatic rings. The number of rotatable bonds is 6. The van der Waals surface area contributed by atoms with E-state index in [4.69, 9.17) is 5.26 Å². The standard InChI is InChI=1S/C18H26N8O2S2/c19-12-15-13-20-18(29-15)23-16-11-17(22-14-21-16)26-5-3-24(4-6-26)1-2-25-7-9-30(27,28)10-8-25/h11,13-14,27-28H,1-10H2,(H,20,21,22,23). The highest BCUT2D eigenvalue weighted by Crippen LogP contribution is 2.40. The predicted octanol–water partition coefficient (Wildman–Crippen LogP) is 1.74. The van der Waals surface area contributed by atoms with Crippen LogP contribution in [0, 0.1) is 11.3 Å². The molecule has 10 nitrogen and oxygen atoms in total. The largest absolute Gasteiger partial charge is 0.354 e. The number of hydrogen-bond donors (Lipinski definition) is 3. The van der Waals surface area contributed by atoms with Gasteiger partial charge in [-0.2, -0.15) is 15.9 Å². The third kappa shape index (κ3) is 5.57. The molecule has 0 atom stereocenters. The van der Waals surface area contributed by atoms with Gasteiger partial charge in [-0.05, 0) is 0 Å². The molecule has 12 heteroatoms. The summed E-state index contributed by atoms with van der Waals surface area (Å²) in [4.78, 5) is 20.4. The van der Waals surface area contributed by atoms with Gasteiger partial charge in [-0.1, -0.05) is 11.3 Å². The molecule has 2 fully saturated rings. The summed E-state index contributed by atoms with van der Waals surface area (Å²) in [5.41, 5.74) is 0. The molecule has 30 heavy (non-hydrogen) atoms. The summed E-state index contributed by atoms with van der Waals surface area (Å²) >= 11 is 1.29. The summed E-state index contributed by atoms with van der Waals surface area (Å²) in [6.45, 7) is 7.23. The first-order valence-corrected chi connectivity index (χ1v) is 12.6. The van der Waals surface area contributed by atoms with Crippen LogP contribution in [0.5, 0.6) is 0 Å². The number of piperazine rings is 1. The molecule has 0 aromatic carbocycles. The maximum absolute atomic E-state index is 9.73. The highest BCUT2D eigenvalue weighted by Gasteiger charge is 2.23. The Labute approximate surface area is 181 Å². The van der Waals surface area contributed by atoms with Crippen molar-refractivity contribution in [1.29, 1.82) is 5.26 Å². The average molecular weight is 451 g/mol. The summed E-state index contributed by atoms with van der Waals surface area (Å²) in [6.07, 6.45) is 3.09. The van der Waals surface area contributed by atoms with Crippen molar-refractivity contribution in [2.24, 2.45) is 0 Å². The molecule has 0 radical (unpaired) electrons. The van der Waals surface area contributed by atoms with Gasteiger partial charge in [0, 0.05) is 58.4 Å². The minimum atomic E-state index is -2.32. The molecule has 2 aliphatic rings. The third-order valence-electron chi connectivity index (χ3n) is 5.40. The Morgan fingerprint density at radius 1 is 1.03 bits per heavy atom. The van der Waals surface area contributed by atoms with Crippen LogP contribution in [0.15, 0.2) is 18.6 Å². The zero-order chi connectivity index (χ0) is 21.0. The van der Waals surface area contributed by atoms with Crippen molar-refractivity contribution in [3.05, 3.63) is 23.5 Å². The number of nitrogens with one attached hydrogen (secondary N) is 1. The van der Waals surface area contributed by atoms with Crippen LogP contribution in [0.1, 0.15) is 4.88 Å². The molecular weight excluding hydrogens is 424 g/mol. The van der Waals surface area contributed by atoms with E-state index in [1.165, 1.54) is 11.3 Å². The molecule has 3 N–H and O–H groups in total. The van der Waals surface area contributed by atoms with Gasteiger partial charge < -0.3 is 10.2 Å². The summed E-state index contributed by atoms with van der Waals surface area (Å²) in [5, 5.41) is 12.7. The number of nitriles is 1. The van der Waals surface area contributed by atoms with E-state index in [2.05, 4.69) is 41.0 Å². The monoisotopic (exact) mass is 450 g/mol. The summed E-state index contributed by atoms with van der Waals surface area (Å²) < 4.78 is 19.5. The first-order chi connectivity index (χ1) is 14.5. The fourth-order valence-corrected chi connectivity index (χ4v) is 5.48. The van der Waals surface area contributed by atoms with Gasteiger partial charge in [0.2, 0.25) is 0 Å². The average Bonchev–Trinajstić information content (AvgIpc) is 3.21. The minimum Gasteiger partial charge on any atom is -0.354 e. The number of hydrogen-bond acceptors (Lipinski definition) is 11. The van der Waals surface area contributed by atoms with Gasteiger partial charge in [0.25, 0.3) is 0 Å². The smallest absolute Gasteiger partial charge is 0.189 e. The van der Waals surface area contributed by atoms with Crippen LogP contribution in [0.25, 0.3) is 0 Å². The Morgan fingerprint density at radius 2 is 1.73 bits per heavy atom. The van der Waals surface area contributed by atoms with Crippen LogP contribution in [0.3, 0.4) is 0 Å². The van der Waals surface area contributed by atoms with Crippen molar-refractivity contribution in [2.45, 2.75) is 0 Å². The van der Waals surface area contributed by atoms with E-state index in [0.717, 1.165) is 58.2 Å². The SMILES string of the molecule is N#Cc1cnc(Nc2cc(N3CCN(CCN4CCS(O)(O)CC4)CC3)ncn2)s1. The molecular formula is C18H26N8O2S2. The van der Waals surface area contributed by atoms with Crippen LogP contribution in [-0.4, -0.2) is 97.7 Å². The van der Waals surface area contributed by atoms with Crippen molar-refractivity contribution in [3.63, 3.8) is 0 Å². The van der Waals surface area contributed by atoms with Gasteiger partial charge in [0.15, 0.2) is 5.13 Å². The second-order valence-corrected chi connectivity index (χ2v) is 10.9. The molecule has 2 aliphatic heterocycles. The summed E-state index contributed by atoms with van der Waals surface area (Å²) in [6, 6.07) is 3.99. The maximum Gasteiger partial charge on any atom is 0.189 e. The lowest BCUT2D eigenvalue weighted by Gasteiger charge is -2.42. The molecule has 2 saturated heterocycles. The van der Waals surface area contributed by atoms with Crippen molar-refractivity contribution in [3.8, 4) is 6.07 Å². The molecule has 4 rings (SSSR count). The van der Waals surface area contributed by atoms with E-state index in [1.54, 1.807) is 12.5 Å². The highest BCUT2D eigenvalue weighted by atomic mass is 32.3. The van der Waals surface area contributed by atoms with Crippen LogP contribution in [0.4, 0.5) is 16.8 Å². The molecule has 162 valence electrons. The molecule has 0 unspecified atom stereocenters. The Hall–Kier alpha value is -2.01. The fourth-order valence-electron chi connectivity index (χ4n) is 3.55. The third-order valence-corrected chi connectivity index (χ3v) is 7.89. The van der Waals surface area contributed by atoms with Crippen LogP contribution < -0.4 is 10.2 Å². The van der Waals surface area contributed by atoms with Crippen LogP contribution >= 0.6 is 21.9 Å². The molecule has 0 amide bonds. The van der Waals surface area contributed by atoms with Gasteiger partial charge in [-0.3, -0.25) is 18.9 Å².